The van der Waals surface area contributed by atoms with Crippen LogP contribution in [0.25, 0.3) is 0 Å². The van der Waals surface area contributed by atoms with Gasteiger partial charge in [-0.15, -0.1) is 11.3 Å². The van der Waals surface area contributed by atoms with E-state index >= 15 is 0 Å². The molecule has 1 aromatic heterocycles. The molecule has 0 radical (unpaired) electrons. The van der Waals surface area contributed by atoms with E-state index in [0.717, 1.165) is 28.9 Å². The third kappa shape index (κ3) is 3.75. The normalized spacial score (nSPS) is 14.9. The number of carbonyl (C=O) groups excluding carboxylic acids is 1. The van der Waals surface area contributed by atoms with Gasteiger partial charge in [0.1, 0.15) is 5.82 Å². The highest BCUT2D eigenvalue weighted by molar-refractivity contribution is 9.10. The predicted octanol–water partition coefficient (Wildman–Crippen LogP) is 4.74. The molecule has 23 heavy (non-hydrogen) atoms. The van der Waals surface area contributed by atoms with Crippen molar-refractivity contribution < 1.29 is 4.79 Å². The lowest BCUT2D eigenvalue weighted by atomic mass is 9.92. The number of likely N-dealkylation sites (tertiary alicyclic amines) is 1. The van der Waals surface area contributed by atoms with E-state index in [4.69, 9.17) is 0 Å². The number of amides is 2. The van der Waals surface area contributed by atoms with E-state index in [1.165, 1.54) is 5.56 Å². The predicted molar refractivity (Wildman–Crippen MR) is 98.1 cm³/mol. The Labute approximate surface area is 149 Å². The molecular formula is C17H20BrN3OS. The molecule has 122 valence electrons. The Bertz CT molecular complexity index is 695. The van der Waals surface area contributed by atoms with Crippen molar-refractivity contribution in [2.24, 2.45) is 5.92 Å². The summed E-state index contributed by atoms with van der Waals surface area (Å²) >= 11 is 5.17. The number of urea groups is 1. The fraction of sp³-hybridized carbons (Fsp3) is 0.412. The molecule has 0 atom stereocenters. The molecule has 1 saturated heterocycles. The second kappa shape index (κ2) is 7.01. The summed E-state index contributed by atoms with van der Waals surface area (Å²) in [6.45, 7) is 5.82. The van der Waals surface area contributed by atoms with Crippen LogP contribution >= 0.6 is 27.3 Å². The quantitative estimate of drug-likeness (QED) is 0.815. The van der Waals surface area contributed by atoms with Crippen molar-refractivity contribution in [1.82, 2.24) is 9.88 Å². The monoisotopic (exact) mass is 393 g/mol. The highest BCUT2D eigenvalue weighted by atomic mass is 79.9. The van der Waals surface area contributed by atoms with Gasteiger partial charge in [0.2, 0.25) is 0 Å². The molecule has 2 amide bonds. The summed E-state index contributed by atoms with van der Waals surface area (Å²) in [6, 6.07) is 8.24. The first-order chi connectivity index (χ1) is 11.0. The van der Waals surface area contributed by atoms with E-state index in [2.05, 4.69) is 58.3 Å². The fourth-order valence-corrected chi connectivity index (χ4v) is 3.98. The summed E-state index contributed by atoms with van der Waals surface area (Å²) < 4.78 is 1.15. The van der Waals surface area contributed by atoms with Crippen molar-refractivity contribution in [2.45, 2.75) is 26.2 Å². The van der Waals surface area contributed by atoms with Gasteiger partial charge in [0.05, 0.1) is 10.4 Å². The topological polar surface area (TPSA) is 45.2 Å². The van der Waals surface area contributed by atoms with Crippen molar-refractivity contribution in [3.63, 3.8) is 0 Å². The number of hydrogen-bond donors (Lipinski definition) is 1. The summed E-state index contributed by atoms with van der Waals surface area (Å²) in [5.74, 6) is 1.61. The molecule has 3 rings (SSSR count). The average Bonchev–Trinajstić information content (AvgIpc) is 2.92. The van der Waals surface area contributed by atoms with Gasteiger partial charge in [0.25, 0.3) is 0 Å². The Morgan fingerprint density at radius 3 is 2.87 bits per heavy atom. The van der Waals surface area contributed by atoms with Crippen LogP contribution < -0.4 is 5.32 Å². The lowest BCUT2D eigenvalue weighted by Crippen LogP contribution is -2.52. The van der Waals surface area contributed by atoms with E-state index in [0.29, 0.717) is 17.7 Å². The molecule has 2 heterocycles. The Kier molecular flexibility index (Phi) is 5.02. The van der Waals surface area contributed by atoms with Gasteiger partial charge >= 0.3 is 6.03 Å². The van der Waals surface area contributed by atoms with Gasteiger partial charge in [-0.05, 0) is 29.9 Å². The Hall–Kier alpha value is -1.40. The van der Waals surface area contributed by atoms with Crippen LogP contribution in [0.3, 0.4) is 0 Å². The summed E-state index contributed by atoms with van der Waals surface area (Å²) in [5.41, 5.74) is 3.09. The van der Waals surface area contributed by atoms with Crippen molar-refractivity contribution in [1.29, 1.82) is 0 Å². The molecule has 0 saturated carbocycles. The molecule has 4 nitrogen and oxygen atoms in total. The van der Waals surface area contributed by atoms with E-state index < -0.39 is 0 Å². The van der Waals surface area contributed by atoms with Crippen LogP contribution in [0.15, 0.2) is 34.2 Å². The Morgan fingerprint density at radius 1 is 1.43 bits per heavy atom. The van der Waals surface area contributed by atoms with E-state index in [-0.39, 0.29) is 6.03 Å². The number of anilines is 1. The maximum absolute atomic E-state index is 12.3. The van der Waals surface area contributed by atoms with Crippen LogP contribution in [0.2, 0.25) is 0 Å². The first-order valence-electron chi connectivity index (χ1n) is 7.77. The van der Waals surface area contributed by atoms with Gasteiger partial charge in [-0.3, -0.25) is 5.32 Å². The number of halogens is 1. The van der Waals surface area contributed by atoms with Crippen LogP contribution in [0.1, 0.15) is 30.2 Å². The number of hydrogen-bond acceptors (Lipinski definition) is 3. The summed E-state index contributed by atoms with van der Waals surface area (Å²) in [6.07, 6.45) is 0.999. The second-order valence-electron chi connectivity index (χ2n) is 6.22. The van der Waals surface area contributed by atoms with Crippen LogP contribution in [-0.2, 0) is 6.42 Å². The zero-order valence-electron chi connectivity index (χ0n) is 13.3. The molecule has 1 aromatic carbocycles. The highest BCUT2D eigenvalue weighted by Crippen LogP contribution is 2.29. The van der Waals surface area contributed by atoms with Crippen LogP contribution in [-0.4, -0.2) is 29.0 Å². The highest BCUT2D eigenvalue weighted by Gasteiger charge is 2.31. The molecule has 1 N–H and O–H groups in total. The largest absolute Gasteiger partial charge is 0.324 e. The minimum absolute atomic E-state index is 0.0406. The third-order valence-electron chi connectivity index (χ3n) is 4.06. The van der Waals surface area contributed by atoms with Crippen LogP contribution in [0, 0.1) is 5.92 Å². The average molecular weight is 394 g/mol. The molecule has 6 heteroatoms. The summed E-state index contributed by atoms with van der Waals surface area (Å²) in [4.78, 5) is 19.6. The smallest absolute Gasteiger partial charge is 0.323 e. The molecule has 0 aliphatic carbocycles. The number of carbonyl (C=O) groups is 1. The minimum Gasteiger partial charge on any atom is -0.324 e. The summed E-state index contributed by atoms with van der Waals surface area (Å²) in [7, 11) is 0. The molecule has 2 aromatic rings. The van der Waals surface area contributed by atoms with Crippen molar-refractivity contribution in [3.05, 3.63) is 44.7 Å². The molecule has 1 aliphatic heterocycles. The van der Waals surface area contributed by atoms with E-state index in [1.54, 1.807) is 16.8 Å². The first-order valence-corrected chi connectivity index (χ1v) is 9.44. The van der Waals surface area contributed by atoms with Gasteiger partial charge in [-0.25, -0.2) is 9.78 Å². The van der Waals surface area contributed by atoms with E-state index in [9.17, 15) is 4.79 Å². The van der Waals surface area contributed by atoms with Gasteiger partial charge in [0, 0.05) is 17.6 Å². The Morgan fingerprint density at radius 2 is 2.17 bits per heavy atom. The third-order valence-corrected chi connectivity index (χ3v) is 5.96. The lowest BCUT2D eigenvalue weighted by Gasteiger charge is -2.39. The molecule has 0 unspecified atom stereocenters. The standard InChI is InChI=1S/C17H20BrN3OS/c1-11(2)15-16(19-10-23-15)20-17(22)21-8-12(9-21)7-13-5-3-4-6-14(13)18/h3-6,10-12H,7-9H2,1-2H3,(H,20,22). The number of nitrogens with one attached hydrogen (secondary N) is 1. The zero-order valence-corrected chi connectivity index (χ0v) is 15.7. The van der Waals surface area contributed by atoms with E-state index in [1.807, 2.05) is 11.0 Å². The second-order valence-corrected chi connectivity index (χ2v) is 7.96. The molecule has 0 spiro atoms. The first kappa shape index (κ1) is 16.5. The number of benzene rings is 1. The molecule has 0 bridgehead atoms. The maximum atomic E-state index is 12.3. The van der Waals surface area contributed by atoms with Crippen molar-refractivity contribution in [3.8, 4) is 0 Å². The number of nitrogens with zero attached hydrogens (tertiary/aromatic N) is 2. The minimum atomic E-state index is -0.0406. The SMILES string of the molecule is CC(C)c1scnc1NC(=O)N1CC(Cc2ccccc2Br)C1. The van der Waals surface area contributed by atoms with Crippen LogP contribution in [0.4, 0.5) is 10.6 Å². The van der Waals surface area contributed by atoms with Crippen molar-refractivity contribution >= 4 is 39.1 Å². The Balaban J connectivity index is 1.52. The summed E-state index contributed by atoms with van der Waals surface area (Å²) in [5, 5.41) is 2.95. The maximum Gasteiger partial charge on any atom is 0.323 e. The van der Waals surface area contributed by atoms with Gasteiger partial charge in [-0.2, -0.15) is 0 Å². The fourth-order valence-electron chi connectivity index (χ4n) is 2.78. The van der Waals surface area contributed by atoms with Gasteiger partial charge < -0.3 is 4.90 Å². The number of rotatable bonds is 4. The van der Waals surface area contributed by atoms with Gasteiger partial charge in [0.15, 0.2) is 0 Å². The molecular weight excluding hydrogens is 374 g/mol. The number of aromatic nitrogens is 1. The molecule has 1 fully saturated rings. The van der Waals surface area contributed by atoms with Gasteiger partial charge in [-0.1, -0.05) is 48.0 Å². The van der Waals surface area contributed by atoms with Crippen LogP contribution in [0.5, 0.6) is 0 Å². The number of thiazole rings is 1. The molecule has 1 aliphatic rings. The van der Waals surface area contributed by atoms with Crippen molar-refractivity contribution in [2.75, 3.05) is 18.4 Å². The lowest BCUT2D eigenvalue weighted by molar-refractivity contribution is 0.131. The zero-order chi connectivity index (χ0) is 16.4.